The summed E-state index contributed by atoms with van der Waals surface area (Å²) in [5, 5.41) is 20.2. The van der Waals surface area contributed by atoms with Crippen LogP contribution in [0.2, 0.25) is 0 Å². The first-order valence-corrected chi connectivity index (χ1v) is 12.7. The van der Waals surface area contributed by atoms with Gasteiger partial charge in [-0.1, -0.05) is 36.4 Å². The Morgan fingerprint density at radius 2 is 1.76 bits per heavy atom. The summed E-state index contributed by atoms with van der Waals surface area (Å²) < 4.78 is 21.2. The maximum absolute atomic E-state index is 14.2. The fourth-order valence-electron chi connectivity index (χ4n) is 4.28. The zero-order chi connectivity index (χ0) is 26.6. The molecule has 0 saturated heterocycles. The first-order valence-electron chi connectivity index (χ1n) is 11.9. The SMILES string of the molecule is O=c1[nH]c(-c2ccc(OCCO)cc2)c(O)n1[C@@H](Cc1ccccc1)c1ncc(-c2ccc(Br)c(F)c2)[nH]1. The van der Waals surface area contributed by atoms with Crippen molar-refractivity contribution < 1.29 is 19.3 Å². The molecule has 0 saturated carbocycles. The largest absolute Gasteiger partial charge is 0.493 e. The smallest absolute Gasteiger partial charge is 0.329 e. The summed E-state index contributed by atoms with van der Waals surface area (Å²) in [5.41, 5.74) is 2.43. The van der Waals surface area contributed by atoms with Gasteiger partial charge in [0, 0.05) is 17.5 Å². The van der Waals surface area contributed by atoms with Crippen LogP contribution in [-0.2, 0) is 6.42 Å². The summed E-state index contributed by atoms with van der Waals surface area (Å²) in [7, 11) is 0. The van der Waals surface area contributed by atoms with Crippen molar-refractivity contribution in [3.05, 3.63) is 111 Å². The zero-order valence-electron chi connectivity index (χ0n) is 20.1. The van der Waals surface area contributed by atoms with Gasteiger partial charge >= 0.3 is 5.69 Å². The van der Waals surface area contributed by atoms with E-state index in [9.17, 15) is 14.3 Å². The molecular weight excluding hydrogens is 555 g/mol. The lowest BCUT2D eigenvalue weighted by Gasteiger charge is -2.17. The Labute approximate surface area is 225 Å². The molecular formula is C28H24BrFN4O4. The summed E-state index contributed by atoms with van der Waals surface area (Å²) in [4.78, 5) is 23.7. The van der Waals surface area contributed by atoms with Crippen molar-refractivity contribution >= 4 is 15.9 Å². The molecule has 4 N–H and O–H groups in total. The van der Waals surface area contributed by atoms with Crippen LogP contribution < -0.4 is 10.4 Å². The molecule has 8 nitrogen and oxygen atoms in total. The van der Waals surface area contributed by atoms with E-state index in [1.165, 1.54) is 10.6 Å². The predicted molar refractivity (Wildman–Crippen MR) is 145 cm³/mol. The van der Waals surface area contributed by atoms with Crippen molar-refractivity contribution in [1.82, 2.24) is 19.5 Å². The second-order valence-corrected chi connectivity index (χ2v) is 9.47. The number of imidazole rings is 2. The molecule has 2 heterocycles. The standard InChI is InChI=1S/C28H24BrFN4O4/c29-21-11-8-19(15-22(21)30)23-16-31-26(32-23)24(14-17-4-2-1-3-5-17)34-27(36)25(33-28(34)37)18-6-9-20(10-7-18)38-13-12-35/h1-11,15-16,24,35-36H,12-14H2,(H,31,32)(H,33,37)/t24-/m0/s1. The number of hydrogen-bond acceptors (Lipinski definition) is 5. The van der Waals surface area contributed by atoms with E-state index in [0.717, 1.165) is 5.56 Å². The maximum atomic E-state index is 14.2. The van der Waals surface area contributed by atoms with E-state index in [0.29, 0.717) is 39.3 Å². The number of nitrogens with one attached hydrogen (secondary N) is 2. The Kier molecular flexibility index (Phi) is 7.43. The number of rotatable bonds is 9. The van der Waals surface area contributed by atoms with Gasteiger partial charge in [-0.2, -0.15) is 0 Å². The Balaban J connectivity index is 1.54. The molecule has 0 radical (unpaired) electrons. The third-order valence-electron chi connectivity index (χ3n) is 6.13. The number of aromatic amines is 2. The molecule has 2 aromatic heterocycles. The lowest BCUT2D eigenvalue weighted by atomic mass is 10.0. The topological polar surface area (TPSA) is 116 Å². The molecule has 10 heteroatoms. The van der Waals surface area contributed by atoms with E-state index >= 15 is 0 Å². The van der Waals surface area contributed by atoms with E-state index < -0.39 is 17.5 Å². The van der Waals surface area contributed by atoms with E-state index in [2.05, 4.69) is 30.9 Å². The van der Waals surface area contributed by atoms with Crippen LogP contribution in [0.5, 0.6) is 11.6 Å². The lowest BCUT2D eigenvalue weighted by Crippen LogP contribution is -2.25. The van der Waals surface area contributed by atoms with Gasteiger partial charge < -0.3 is 24.9 Å². The van der Waals surface area contributed by atoms with Crippen LogP contribution in [0.1, 0.15) is 17.4 Å². The van der Waals surface area contributed by atoms with Gasteiger partial charge in [-0.3, -0.25) is 4.57 Å². The highest BCUT2D eigenvalue weighted by Crippen LogP contribution is 2.33. The fourth-order valence-corrected chi connectivity index (χ4v) is 4.52. The van der Waals surface area contributed by atoms with Crippen molar-refractivity contribution in [1.29, 1.82) is 0 Å². The molecule has 0 aliphatic heterocycles. The van der Waals surface area contributed by atoms with E-state index in [-0.39, 0.29) is 24.8 Å². The number of nitrogens with zero attached hydrogens (tertiary/aromatic N) is 2. The van der Waals surface area contributed by atoms with Gasteiger partial charge in [0.05, 0.1) is 23.0 Å². The van der Waals surface area contributed by atoms with Gasteiger partial charge in [0.1, 0.15) is 35.7 Å². The molecule has 38 heavy (non-hydrogen) atoms. The molecule has 0 amide bonds. The van der Waals surface area contributed by atoms with Crippen LogP contribution >= 0.6 is 15.9 Å². The molecule has 0 bridgehead atoms. The zero-order valence-corrected chi connectivity index (χ0v) is 21.7. The number of aliphatic hydroxyl groups is 1. The lowest BCUT2D eigenvalue weighted by molar-refractivity contribution is 0.201. The third kappa shape index (κ3) is 5.27. The van der Waals surface area contributed by atoms with E-state index in [1.807, 2.05) is 30.3 Å². The molecule has 3 aromatic carbocycles. The predicted octanol–water partition coefficient (Wildman–Crippen LogP) is 5.04. The minimum atomic E-state index is -0.684. The summed E-state index contributed by atoms with van der Waals surface area (Å²) in [6.07, 6.45) is 1.94. The van der Waals surface area contributed by atoms with Crippen LogP contribution in [0.3, 0.4) is 0 Å². The van der Waals surface area contributed by atoms with Gasteiger partial charge in [-0.05, 0) is 57.9 Å². The van der Waals surface area contributed by atoms with E-state index in [1.54, 1.807) is 42.6 Å². The fraction of sp³-hybridized carbons (Fsp3) is 0.143. The summed E-state index contributed by atoms with van der Waals surface area (Å²) in [6.45, 7) is 0.0593. The molecule has 0 aliphatic rings. The Hall–Kier alpha value is -4.15. The van der Waals surface area contributed by atoms with E-state index in [4.69, 9.17) is 9.84 Å². The number of hydrogen-bond donors (Lipinski definition) is 4. The van der Waals surface area contributed by atoms with Crippen molar-refractivity contribution in [2.24, 2.45) is 0 Å². The Morgan fingerprint density at radius 3 is 2.47 bits per heavy atom. The third-order valence-corrected chi connectivity index (χ3v) is 6.77. The normalized spacial score (nSPS) is 12.0. The molecule has 1 atom stereocenters. The Bertz CT molecular complexity index is 1600. The van der Waals surface area contributed by atoms with Gasteiger partial charge in [0.25, 0.3) is 0 Å². The number of halogens is 2. The van der Waals surface area contributed by atoms with Crippen molar-refractivity contribution in [3.8, 4) is 34.1 Å². The highest BCUT2D eigenvalue weighted by Gasteiger charge is 2.26. The minimum Gasteiger partial charge on any atom is -0.493 e. The van der Waals surface area contributed by atoms with Crippen molar-refractivity contribution in [2.75, 3.05) is 13.2 Å². The van der Waals surface area contributed by atoms with Crippen molar-refractivity contribution in [3.63, 3.8) is 0 Å². The number of aromatic hydroxyl groups is 1. The van der Waals surface area contributed by atoms with Crippen LogP contribution in [0, 0.1) is 5.82 Å². The first kappa shape index (κ1) is 25.5. The monoisotopic (exact) mass is 578 g/mol. The van der Waals surface area contributed by atoms with Crippen LogP contribution in [0.15, 0.2) is 88.3 Å². The molecule has 0 unspecified atom stereocenters. The quantitative estimate of drug-likeness (QED) is 0.195. The summed E-state index contributed by atoms with van der Waals surface area (Å²) in [5.74, 6) is 0.338. The molecule has 5 rings (SSSR count). The minimum absolute atomic E-state index is 0.104. The highest BCUT2D eigenvalue weighted by atomic mass is 79.9. The second kappa shape index (κ2) is 11.1. The number of aliphatic hydroxyl groups excluding tert-OH is 1. The number of H-pyrrole nitrogens is 2. The highest BCUT2D eigenvalue weighted by molar-refractivity contribution is 9.10. The Morgan fingerprint density at radius 1 is 1.03 bits per heavy atom. The molecule has 5 aromatic rings. The van der Waals surface area contributed by atoms with Crippen LogP contribution in [-0.4, -0.2) is 42.9 Å². The number of benzene rings is 3. The van der Waals surface area contributed by atoms with Gasteiger partial charge in [-0.15, -0.1) is 0 Å². The number of aromatic nitrogens is 4. The first-order chi connectivity index (χ1) is 18.4. The van der Waals surface area contributed by atoms with Gasteiger partial charge in [0.15, 0.2) is 0 Å². The van der Waals surface area contributed by atoms with Crippen LogP contribution in [0.25, 0.3) is 22.5 Å². The maximum Gasteiger partial charge on any atom is 0.329 e. The van der Waals surface area contributed by atoms with Gasteiger partial charge in [0.2, 0.25) is 5.88 Å². The average molecular weight is 579 g/mol. The number of ether oxygens (including phenoxy) is 1. The summed E-state index contributed by atoms with van der Waals surface area (Å²) >= 11 is 3.16. The summed E-state index contributed by atoms with van der Waals surface area (Å²) in [6, 6.07) is 20.4. The molecule has 0 spiro atoms. The molecule has 194 valence electrons. The van der Waals surface area contributed by atoms with Gasteiger partial charge in [-0.25, -0.2) is 14.2 Å². The molecule has 0 aliphatic carbocycles. The second-order valence-electron chi connectivity index (χ2n) is 8.61. The average Bonchev–Trinajstić information content (AvgIpc) is 3.53. The van der Waals surface area contributed by atoms with Crippen molar-refractivity contribution in [2.45, 2.75) is 12.5 Å². The van der Waals surface area contributed by atoms with Crippen LogP contribution in [0.4, 0.5) is 4.39 Å². The molecule has 0 fully saturated rings.